The predicted octanol–water partition coefficient (Wildman–Crippen LogP) is 2.91. The van der Waals surface area contributed by atoms with Crippen molar-refractivity contribution < 1.29 is 4.74 Å². The summed E-state index contributed by atoms with van der Waals surface area (Å²) in [6.07, 6.45) is 0. The molecule has 1 rings (SSSR count). The summed E-state index contributed by atoms with van der Waals surface area (Å²) < 4.78 is 5.16. The molecule has 0 fully saturated rings. The Hall–Kier alpha value is -1.33. The first kappa shape index (κ1) is 17.7. The quantitative estimate of drug-likeness (QED) is 0.782. The molecule has 5 heteroatoms. The van der Waals surface area contributed by atoms with Gasteiger partial charge >= 0.3 is 0 Å². The van der Waals surface area contributed by atoms with Gasteiger partial charge in [-0.1, -0.05) is 13.8 Å². The number of thiocarbonyl (C=S) groups is 1. The van der Waals surface area contributed by atoms with E-state index >= 15 is 0 Å². The van der Waals surface area contributed by atoms with Gasteiger partial charge in [0.2, 0.25) is 0 Å². The van der Waals surface area contributed by atoms with Gasteiger partial charge in [-0.2, -0.15) is 0 Å². The highest BCUT2D eigenvalue weighted by Gasteiger charge is 2.12. The van der Waals surface area contributed by atoms with Gasteiger partial charge in [0.1, 0.15) is 5.75 Å². The van der Waals surface area contributed by atoms with Crippen LogP contribution in [0.1, 0.15) is 13.8 Å². The molecule has 0 radical (unpaired) electrons. The summed E-state index contributed by atoms with van der Waals surface area (Å²) in [5, 5.41) is 4.08. The van der Waals surface area contributed by atoms with Crippen LogP contribution in [-0.4, -0.2) is 55.8 Å². The number of nitrogens with one attached hydrogen (secondary N) is 1. The fourth-order valence-electron chi connectivity index (χ4n) is 1.91. The molecule has 118 valence electrons. The van der Waals surface area contributed by atoms with Gasteiger partial charge in [-0.3, -0.25) is 0 Å². The number of nitrogens with zero attached hydrogens (tertiary/aromatic N) is 2. The molecule has 0 aliphatic carbocycles. The van der Waals surface area contributed by atoms with Crippen molar-refractivity contribution in [2.45, 2.75) is 13.8 Å². The molecular formula is C16H27N3OS. The van der Waals surface area contributed by atoms with Crippen LogP contribution in [0.25, 0.3) is 0 Å². The highest BCUT2D eigenvalue weighted by molar-refractivity contribution is 7.80. The molecule has 0 aromatic heterocycles. The molecule has 0 unspecified atom stereocenters. The SMILES string of the molecule is COc1ccc(NC(=S)N(CCN(C)C)CC(C)C)cc1. The lowest BCUT2D eigenvalue weighted by atomic mass is 10.2. The van der Waals surface area contributed by atoms with E-state index in [1.807, 2.05) is 24.3 Å². The van der Waals surface area contributed by atoms with Crippen molar-refractivity contribution in [3.8, 4) is 5.75 Å². The summed E-state index contributed by atoms with van der Waals surface area (Å²) in [6.45, 7) is 7.28. The van der Waals surface area contributed by atoms with Crippen molar-refractivity contribution in [3.05, 3.63) is 24.3 Å². The molecule has 0 spiro atoms. The molecule has 1 aromatic rings. The van der Waals surface area contributed by atoms with E-state index in [1.165, 1.54) is 0 Å². The zero-order valence-electron chi connectivity index (χ0n) is 13.7. The maximum atomic E-state index is 5.55. The molecule has 1 aromatic carbocycles. The van der Waals surface area contributed by atoms with E-state index in [1.54, 1.807) is 7.11 Å². The first-order chi connectivity index (χ1) is 9.92. The summed E-state index contributed by atoms with van der Waals surface area (Å²) >= 11 is 5.55. The van der Waals surface area contributed by atoms with Crippen LogP contribution in [-0.2, 0) is 0 Å². The zero-order valence-corrected chi connectivity index (χ0v) is 14.5. The highest BCUT2D eigenvalue weighted by atomic mass is 32.1. The van der Waals surface area contributed by atoms with Crippen LogP contribution in [0.5, 0.6) is 5.75 Å². The number of rotatable bonds is 7. The molecule has 4 nitrogen and oxygen atoms in total. The largest absolute Gasteiger partial charge is 0.497 e. The number of benzene rings is 1. The van der Waals surface area contributed by atoms with Crippen molar-refractivity contribution in [1.82, 2.24) is 9.80 Å². The molecule has 0 amide bonds. The average molecular weight is 309 g/mol. The van der Waals surface area contributed by atoms with Gasteiger partial charge in [-0.25, -0.2) is 0 Å². The second-order valence-corrected chi connectivity index (χ2v) is 6.19. The molecule has 21 heavy (non-hydrogen) atoms. The van der Waals surface area contributed by atoms with E-state index in [2.05, 4.69) is 43.1 Å². The van der Waals surface area contributed by atoms with Gasteiger partial charge in [0.25, 0.3) is 0 Å². The number of methoxy groups -OCH3 is 1. The minimum absolute atomic E-state index is 0.572. The van der Waals surface area contributed by atoms with Crippen molar-refractivity contribution in [2.24, 2.45) is 5.92 Å². The Kier molecular flexibility index (Phi) is 7.47. The molecule has 0 aliphatic rings. The lowest BCUT2D eigenvalue weighted by Gasteiger charge is -2.28. The Morgan fingerprint density at radius 1 is 1.19 bits per heavy atom. The molecule has 1 N–H and O–H groups in total. The zero-order chi connectivity index (χ0) is 15.8. The summed E-state index contributed by atoms with van der Waals surface area (Å²) in [6, 6.07) is 7.81. The van der Waals surface area contributed by atoms with Gasteiger partial charge < -0.3 is 19.9 Å². The predicted molar refractivity (Wildman–Crippen MR) is 94.2 cm³/mol. The van der Waals surface area contributed by atoms with Gasteiger partial charge in [-0.15, -0.1) is 0 Å². The van der Waals surface area contributed by atoms with Crippen molar-refractivity contribution >= 4 is 23.0 Å². The van der Waals surface area contributed by atoms with E-state index in [-0.39, 0.29) is 0 Å². The van der Waals surface area contributed by atoms with Crippen LogP contribution in [0, 0.1) is 5.92 Å². The average Bonchev–Trinajstić information content (AvgIpc) is 2.43. The molecule has 0 aliphatic heterocycles. The third-order valence-electron chi connectivity index (χ3n) is 3.03. The first-order valence-electron chi connectivity index (χ1n) is 7.27. The van der Waals surface area contributed by atoms with Crippen LogP contribution in [0.4, 0.5) is 5.69 Å². The maximum Gasteiger partial charge on any atom is 0.173 e. The fourth-order valence-corrected chi connectivity index (χ4v) is 2.20. The monoisotopic (exact) mass is 309 g/mol. The number of hydrogen-bond acceptors (Lipinski definition) is 3. The molecular weight excluding hydrogens is 282 g/mol. The number of anilines is 1. The summed E-state index contributed by atoms with van der Waals surface area (Å²) in [5.41, 5.74) is 0.986. The van der Waals surface area contributed by atoms with Crippen molar-refractivity contribution in [3.63, 3.8) is 0 Å². The summed E-state index contributed by atoms with van der Waals surface area (Å²) in [5.74, 6) is 1.42. The lowest BCUT2D eigenvalue weighted by Crippen LogP contribution is -2.41. The van der Waals surface area contributed by atoms with E-state index in [0.29, 0.717) is 5.92 Å². The van der Waals surface area contributed by atoms with Gasteiger partial charge in [0.05, 0.1) is 7.11 Å². The molecule has 0 saturated carbocycles. The lowest BCUT2D eigenvalue weighted by molar-refractivity contribution is 0.310. The Bertz CT molecular complexity index is 432. The normalized spacial score (nSPS) is 10.8. The number of likely N-dealkylation sites (N-methyl/N-ethyl adjacent to an activating group) is 1. The molecule has 0 saturated heterocycles. The van der Waals surface area contributed by atoms with Crippen LogP contribution in [0.2, 0.25) is 0 Å². The highest BCUT2D eigenvalue weighted by Crippen LogP contribution is 2.15. The summed E-state index contributed by atoms with van der Waals surface area (Å²) in [4.78, 5) is 4.40. The molecule has 0 atom stereocenters. The first-order valence-corrected chi connectivity index (χ1v) is 7.68. The van der Waals surface area contributed by atoms with Crippen LogP contribution >= 0.6 is 12.2 Å². The maximum absolute atomic E-state index is 5.55. The molecule has 0 bridgehead atoms. The minimum Gasteiger partial charge on any atom is -0.497 e. The third-order valence-corrected chi connectivity index (χ3v) is 3.39. The Morgan fingerprint density at radius 2 is 1.81 bits per heavy atom. The Labute approximate surface area is 134 Å². The fraction of sp³-hybridized carbons (Fsp3) is 0.562. The number of hydrogen-bond donors (Lipinski definition) is 1. The van der Waals surface area contributed by atoms with E-state index in [9.17, 15) is 0 Å². The van der Waals surface area contributed by atoms with E-state index in [4.69, 9.17) is 17.0 Å². The van der Waals surface area contributed by atoms with Crippen LogP contribution in [0.3, 0.4) is 0 Å². The van der Waals surface area contributed by atoms with Crippen molar-refractivity contribution in [2.75, 3.05) is 46.2 Å². The second kappa shape index (κ2) is 8.85. The van der Waals surface area contributed by atoms with E-state index in [0.717, 1.165) is 36.2 Å². The van der Waals surface area contributed by atoms with Crippen LogP contribution in [0.15, 0.2) is 24.3 Å². The second-order valence-electron chi connectivity index (χ2n) is 5.80. The topological polar surface area (TPSA) is 27.7 Å². The summed E-state index contributed by atoms with van der Waals surface area (Å²) in [7, 11) is 5.82. The minimum atomic E-state index is 0.572. The van der Waals surface area contributed by atoms with Crippen molar-refractivity contribution in [1.29, 1.82) is 0 Å². The van der Waals surface area contributed by atoms with Crippen LogP contribution < -0.4 is 10.1 Å². The molecule has 0 heterocycles. The smallest absolute Gasteiger partial charge is 0.173 e. The van der Waals surface area contributed by atoms with Gasteiger partial charge in [-0.05, 0) is 56.5 Å². The van der Waals surface area contributed by atoms with E-state index < -0.39 is 0 Å². The number of ether oxygens (including phenoxy) is 1. The van der Waals surface area contributed by atoms with Gasteiger partial charge in [0, 0.05) is 25.3 Å². The standard InChI is InChI=1S/C16H27N3OS/c1-13(2)12-19(11-10-18(3)4)16(21)17-14-6-8-15(20-5)9-7-14/h6-9,13H,10-12H2,1-5H3,(H,17,21). The third kappa shape index (κ3) is 6.78. The van der Waals surface area contributed by atoms with Gasteiger partial charge in [0.15, 0.2) is 5.11 Å². The Balaban J connectivity index is 2.65. The Morgan fingerprint density at radius 3 is 2.29 bits per heavy atom.